The van der Waals surface area contributed by atoms with E-state index in [0.717, 1.165) is 0 Å². The Kier molecular flexibility index (Phi) is 3.09. The number of rotatable bonds is 3. The van der Waals surface area contributed by atoms with Crippen LogP contribution >= 0.6 is 0 Å². The fourth-order valence-electron chi connectivity index (χ4n) is 1.05. The van der Waals surface area contributed by atoms with Crippen LogP contribution in [-0.2, 0) is 6.42 Å². The number of hydrogen-bond acceptors (Lipinski definition) is 4. The maximum absolute atomic E-state index is 8.52. The largest absolute Gasteiger partial charge is 0.493 e. The van der Waals surface area contributed by atoms with E-state index in [4.69, 9.17) is 14.7 Å². The number of ether oxygens (including phenoxy) is 2. The van der Waals surface area contributed by atoms with Gasteiger partial charge in [0.05, 0.1) is 26.7 Å². The van der Waals surface area contributed by atoms with Gasteiger partial charge in [0.2, 0.25) is 0 Å². The Morgan fingerprint density at radius 1 is 1.46 bits per heavy atom. The van der Waals surface area contributed by atoms with Crippen molar-refractivity contribution >= 4 is 0 Å². The highest BCUT2D eigenvalue weighted by Gasteiger charge is 2.09. The highest BCUT2D eigenvalue weighted by atomic mass is 16.5. The van der Waals surface area contributed by atoms with Crippen molar-refractivity contribution < 1.29 is 9.47 Å². The zero-order valence-electron chi connectivity index (χ0n) is 7.57. The van der Waals surface area contributed by atoms with Gasteiger partial charge in [-0.2, -0.15) is 5.26 Å². The fraction of sp³-hybridized carbons (Fsp3) is 0.333. The molecular weight excluding hydrogens is 168 g/mol. The molecule has 0 saturated heterocycles. The van der Waals surface area contributed by atoms with E-state index < -0.39 is 0 Å². The van der Waals surface area contributed by atoms with Crippen molar-refractivity contribution in [1.82, 2.24) is 4.98 Å². The molecule has 0 amide bonds. The first-order chi connectivity index (χ1) is 6.33. The van der Waals surface area contributed by atoms with Gasteiger partial charge in [0.15, 0.2) is 11.5 Å². The Bertz CT molecular complexity index is 331. The monoisotopic (exact) mass is 178 g/mol. The van der Waals surface area contributed by atoms with Crippen LogP contribution in [0.3, 0.4) is 0 Å². The normalized spacial score (nSPS) is 9.00. The summed E-state index contributed by atoms with van der Waals surface area (Å²) >= 11 is 0. The maximum atomic E-state index is 8.52. The lowest BCUT2D eigenvalue weighted by atomic mass is 10.2. The third-order valence-electron chi connectivity index (χ3n) is 1.61. The fourth-order valence-corrected chi connectivity index (χ4v) is 1.05. The summed E-state index contributed by atoms with van der Waals surface area (Å²) in [5.41, 5.74) is 0.601. The summed E-state index contributed by atoms with van der Waals surface area (Å²) in [7, 11) is 3.08. The first-order valence-electron chi connectivity index (χ1n) is 3.76. The van der Waals surface area contributed by atoms with E-state index in [-0.39, 0.29) is 6.42 Å². The van der Waals surface area contributed by atoms with Crippen molar-refractivity contribution in [1.29, 1.82) is 5.26 Å². The number of nitriles is 1. The summed E-state index contributed by atoms with van der Waals surface area (Å²) < 4.78 is 10.1. The summed E-state index contributed by atoms with van der Waals surface area (Å²) in [6.07, 6.45) is 1.81. The second kappa shape index (κ2) is 4.31. The first kappa shape index (κ1) is 9.33. The summed E-state index contributed by atoms with van der Waals surface area (Å²) in [6, 6.07) is 3.71. The smallest absolute Gasteiger partial charge is 0.183 e. The molecule has 0 aliphatic carbocycles. The topological polar surface area (TPSA) is 55.1 Å². The summed E-state index contributed by atoms with van der Waals surface area (Å²) in [5, 5.41) is 8.52. The van der Waals surface area contributed by atoms with Gasteiger partial charge in [-0.15, -0.1) is 0 Å². The highest BCUT2D eigenvalue weighted by Crippen LogP contribution is 2.28. The molecule has 0 fully saturated rings. The molecule has 0 unspecified atom stereocenters. The molecule has 68 valence electrons. The van der Waals surface area contributed by atoms with Gasteiger partial charge in [-0.05, 0) is 0 Å². The van der Waals surface area contributed by atoms with Crippen LogP contribution in [0.5, 0.6) is 11.5 Å². The van der Waals surface area contributed by atoms with Crippen molar-refractivity contribution in [3.63, 3.8) is 0 Å². The SMILES string of the molecule is COc1ccnc(CC#N)c1OC. The molecule has 13 heavy (non-hydrogen) atoms. The van der Waals surface area contributed by atoms with Gasteiger partial charge in [0.25, 0.3) is 0 Å². The van der Waals surface area contributed by atoms with Gasteiger partial charge in [-0.3, -0.25) is 4.98 Å². The van der Waals surface area contributed by atoms with Gasteiger partial charge in [0.1, 0.15) is 5.69 Å². The molecule has 0 radical (unpaired) electrons. The molecule has 0 aromatic carbocycles. The lowest BCUT2D eigenvalue weighted by molar-refractivity contribution is 0.350. The minimum Gasteiger partial charge on any atom is -0.493 e. The molecule has 0 spiro atoms. The summed E-state index contributed by atoms with van der Waals surface area (Å²) in [6.45, 7) is 0. The van der Waals surface area contributed by atoms with Crippen LogP contribution < -0.4 is 9.47 Å². The molecule has 1 aromatic heterocycles. The molecule has 0 saturated carbocycles. The Balaban J connectivity index is 3.12. The average molecular weight is 178 g/mol. The second-order valence-electron chi connectivity index (χ2n) is 2.33. The Labute approximate surface area is 76.7 Å². The van der Waals surface area contributed by atoms with Gasteiger partial charge in [-0.25, -0.2) is 0 Å². The van der Waals surface area contributed by atoms with Gasteiger partial charge < -0.3 is 9.47 Å². The van der Waals surface area contributed by atoms with Gasteiger partial charge in [-0.1, -0.05) is 0 Å². The van der Waals surface area contributed by atoms with E-state index in [0.29, 0.717) is 17.2 Å². The summed E-state index contributed by atoms with van der Waals surface area (Å²) in [5.74, 6) is 1.13. The Morgan fingerprint density at radius 2 is 2.23 bits per heavy atom. The molecule has 1 rings (SSSR count). The molecule has 0 N–H and O–H groups in total. The van der Waals surface area contributed by atoms with E-state index >= 15 is 0 Å². The highest BCUT2D eigenvalue weighted by molar-refractivity contribution is 5.43. The molecule has 0 atom stereocenters. The van der Waals surface area contributed by atoms with Crippen molar-refractivity contribution in [2.24, 2.45) is 0 Å². The standard InChI is InChI=1S/C9H10N2O2/c1-12-8-4-6-11-7(3-5-10)9(8)13-2/h4,6H,3H2,1-2H3. The van der Waals surface area contributed by atoms with Crippen molar-refractivity contribution in [2.75, 3.05) is 14.2 Å². The van der Waals surface area contributed by atoms with Gasteiger partial charge >= 0.3 is 0 Å². The maximum Gasteiger partial charge on any atom is 0.183 e. The van der Waals surface area contributed by atoms with Crippen molar-refractivity contribution in [3.05, 3.63) is 18.0 Å². The molecule has 1 heterocycles. The predicted molar refractivity (Wildman–Crippen MR) is 46.7 cm³/mol. The van der Waals surface area contributed by atoms with E-state index in [2.05, 4.69) is 4.98 Å². The van der Waals surface area contributed by atoms with Crippen LogP contribution in [0.15, 0.2) is 12.3 Å². The number of aromatic nitrogens is 1. The quantitative estimate of drug-likeness (QED) is 0.697. The van der Waals surface area contributed by atoms with E-state index in [1.807, 2.05) is 6.07 Å². The van der Waals surface area contributed by atoms with Crippen LogP contribution in [0.1, 0.15) is 5.69 Å². The zero-order chi connectivity index (χ0) is 9.68. The zero-order valence-corrected chi connectivity index (χ0v) is 7.57. The number of hydrogen-bond donors (Lipinski definition) is 0. The van der Waals surface area contributed by atoms with E-state index in [1.54, 1.807) is 19.4 Å². The minimum absolute atomic E-state index is 0.223. The van der Waals surface area contributed by atoms with Crippen LogP contribution in [0.4, 0.5) is 0 Å². The molecule has 4 heteroatoms. The predicted octanol–water partition coefficient (Wildman–Crippen LogP) is 1.16. The second-order valence-corrected chi connectivity index (χ2v) is 2.33. The molecule has 1 aromatic rings. The Hall–Kier alpha value is -1.76. The third-order valence-corrected chi connectivity index (χ3v) is 1.61. The lowest BCUT2D eigenvalue weighted by Gasteiger charge is -2.08. The minimum atomic E-state index is 0.223. The van der Waals surface area contributed by atoms with E-state index in [1.165, 1.54) is 7.11 Å². The van der Waals surface area contributed by atoms with Gasteiger partial charge in [0, 0.05) is 12.3 Å². The molecule has 0 aliphatic heterocycles. The van der Waals surface area contributed by atoms with Crippen LogP contribution in [-0.4, -0.2) is 19.2 Å². The van der Waals surface area contributed by atoms with Crippen molar-refractivity contribution in [3.8, 4) is 17.6 Å². The number of nitrogens with zero attached hydrogens (tertiary/aromatic N) is 2. The molecule has 0 aliphatic rings. The number of methoxy groups -OCH3 is 2. The van der Waals surface area contributed by atoms with Crippen LogP contribution in [0, 0.1) is 11.3 Å². The van der Waals surface area contributed by atoms with E-state index in [9.17, 15) is 0 Å². The molecule has 4 nitrogen and oxygen atoms in total. The third kappa shape index (κ3) is 1.88. The number of pyridine rings is 1. The molecular formula is C9H10N2O2. The summed E-state index contributed by atoms with van der Waals surface area (Å²) in [4.78, 5) is 4.02. The van der Waals surface area contributed by atoms with Crippen molar-refractivity contribution in [2.45, 2.75) is 6.42 Å². The first-order valence-corrected chi connectivity index (χ1v) is 3.76. The average Bonchev–Trinajstić information content (AvgIpc) is 2.18. The van der Waals surface area contributed by atoms with Crippen LogP contribution in [0.25, 0.3) is 0 Å². The Morgan fingerprint density at radius 3 is 2.77 bits per heavy atom. The lowest BCUT2D eigenvalue weighted by Crippen LogP contribution is -1.97. The van der Waals surface area contributed by atoms with Crippen LogP contribution in [0.2, 0.25) is 0 Å². The molecule has 0 bridgehead atoms.